The molecule has 0 heterocycles. The number of nitrogens with one attached hydrogen (secondary N) is 1. The van der Waals surface area contributed by atoms with Crippen LogP contribution >= 0.6 is 0 Å². The van der Waals surface area contributed by atoms with Gasteiger partial charge < -0.3 is 10.1 Å². The van der Waals surface area contributed by atoms with Gasteiger partial charge in [-0.15, -0.1) is 0 Å². The molecule has 0 rings (SSSR count). The Morgan fingerprint density at radius 1 is 1.00 bits per heavy atom. The van der Waals surface area contributed by atoms with Gasteiger partial charge in [-0.3, -0.25) is 4.79 Å². The number of hydrogen-bond donors (Lipinski definition) is 1. The second-order valence-electron chi connectivity index (χ2n) is 6.35. The minimum Gasteiger partial charge on any atom is -0.361 e. The zero-order valence-electron chi connectivity index (χ0n) is 14.4. The van der Waals surface area contributed by atoms with E-state index in [4.69, 9.17) is 4.74 Å². The Morgan fingerprint density at radius 3 is 2.05 bits per heavy atom. The average molecular weight is 297 g/mol. The highest BCUT2D eigenvalue weighted by Gasteiger charge is 1.99. The lowest BCUT2D eigenvalue weighted by atomic mass is 10.0. The Labute approximate surface area is 131 Å². The first-order valence-electron chi connectivity index (χ1n) is 8.55. The highest BCUT2D eigenvalue weighted by molar-refractivity contribution is 5.91. The van der Waals surface area contributed by atoms with Gasteiger partial charge >= 0.3 is 0 Å². The summed E-state index contributed by atoms with van der Waals surface area (Å²) in [5.74, 6) is 0.720. The van der Waals surface area contributed by atoms with E-state index in [1.165, 1.54) is 51.4 Å². The van der Waals surface area contributed by atoms with E-state index in [0.717, 1.165) is 18.9 Å². The molecule has 0 bridgehead atoms. The molecule has 0 aromatic rings. The summed E-state index contributed by atoms with van der Waals surface area (Å²) in [4.78, 5) is 11.2. The van der Waals surface area contributed by atoms with Crippen LogP contribution in [-0.4, -0.2) is 19.2 Å². The minimum absolute atomic E-state index is 0.132. The van der Waals surface area contributed by atoms with Crippen molar-refractivity contribution in [1.29, 1.82) is 0 Å². The molecular weight excluding hydrogens is 262 g/mol. The lowest BCUT2D eigenvalue weighted by Crippen LogP contribution is -2.26. The molecule has 0 fully saturated rings. The second-order valence-corrected chi connectivity index (χ2v) is 6.35. The number of unbranched alkanes of at least 4 members (excludes halogenated alkanes) is 7. The van der Waals surface area contributed by atoms with Crippen LogP contribution in [0.15, 0.2) is 12.2 Å². The van der Waals surface area contributed by atoms with Crippen LogP contribution in [0.2, 0.25) is 0 Å². The molecule has 0 aliphatic heterocycles. The molecular formula is C18H35NO2. The van der Waals surface area contributed by atoms with Gasteiger partial charge in [0.15, 0.2) is 0 Å². The number of carbonyl (C=O) groups excluding carboxylic acids is 1. The molecule has 1 N–H and O–H groups in total. The van der Waals surface area contributed by atoms with Crippen molar-refractivity contribution in [2.24, 2.45) is 5.92 Å². The first-order valence-corrected chi connectivity index (χ1v) is 8.55. The van der Waals surface area contributed by atoms with E-state index >= 15 is 0 Å². The van der Waals surface area contributed by atoms with Crippen LogP contribution in [0, 0.1) is 5.92 Å². The molecule has 21 heavy (non-hydrogen) atoms. The second kappa shape index (κ2) is 14.1. The predicted molar refractivity (Wildman–Crippen MR) is 90.2 cm³/mol. The molecule has 0 unspecified atom stereocenters. The van der Waals surface area contributed by atoms with Gasteiger partial charge in [0.1, 0.15) is 6.73 Å². The maximum absolute atomic E-state index is 11.2. The van der Waals surface area contributed by atoms with Crippen molar-refractivity contribution in [2.45, 2.75) is 78.6 Å². The zero-order valence-corrected chi connectivity index (χ0v) is 14.4. The highest BCUT2D eigenvalue weighted by Crippen LogP contribution is 2.12. The van der Waals surface area contributed by atoms with Gasteiger partial charge in [-0.25, -0.2) is 0 Å². The minimum atomic E-state index is -0.132. The number of rotatable bonds is 14. The average Bonchev–Trinajstić information content (AvgIpc) is 2.43. The fourth-order valence-corrected chi connectivity index (χ4v) is 2.16. The van der Waals surface area contributed by atoms with Crippen molar-refractivity contribution in [1.82, 2.24) is 5.32 Å². The Kier molecular flexibility index (Phi) is 13.6. The topological polar surface area (TPSA) is 38.3 Å². The van der Waals surface area contributed by atoms with Gasteiger partial charge in [-0.2, -0.15) is 0 Å². The van der Waals surface area contributed by atoms with E-state index in [0.29, 0.717) is 12.3 Å². The van der Waals surface area contributed by atoms with Gasteiger partial charge in [0.2, 0.25) is 5.91 Å². The maximum Gasteiger partial charge on any atom is 0.248 e. The van der Waals surface area contributed by atoms with Crippen LogP contribution in [0.5, 0.6) is 0 Å². The first-order chi connectivity index (χ1) is 10.0. The summed E-state index contributed by atoms with van der Waals surface area (Å²) in [6, 6.07) is 0. The van der Waals surface area contributed by atoms with E-state index in [2.05, 4.69) is 25.7 Å². The molecule has 0 saturated carbocycles. The third-order valence-electron chi connectivity index (χ3n) is 3.54. The predicted octanol–water partition coefficient (Wildman–Crippen LogP) is 4.82. The van der Waals surface area contributed by atoms with Crippen molar-refractivity contribution in [2.75, 3.05) is 13.3 Å². The summed E-state index contributed by atoms with van der Waals surface area (Å²) in [6.07, 6.45) is 11.9. The molecule has 0 aromatic carbocycles. The smallest absolute Gasteiger partial charge is 0.248 e. The Hall–Kier alpha value is -0.830. The van der Waals surface area contributed by atoms with Gasteiger partial charge in [0.25, 0.3) is 0 Å². The summed E-state index contributed by atoms with van der Waals surface area (Å²) in [5.41, 5.74) is 0.520. The number of amides is 1. The summed E-state index contributed by atoms with van der Waals surface area (Å²) in [5, 5.41) is 2.66. The molecule has 1 amide bonds. The van der Waals surface area contributed by atoms with Crippen LogP contribution in [0.3, 0.4) is 0 Å². The molecule has 0 spiro atoms. The Morgan fingerprint density at radius 2 is 1.52 bits per heavy atom. The van der Waals surface area contributed by atoms with Crippen LogP contribution in [0.1, 0.15) is 78.6 Å². The van der Waals surface area contributed by atoms with Crippen molar-refractivity contribution < 1.29 is 9.53 Å². The quantitative estimate of drug-likeness (QED) is 0.283. The summed E-state index contributed by atoms with van der Waals surface area (Å²) >= 11 is 0. The molecule has 0 aliphatic carbocycles. The highest BCUT2D eigenvalue weighted by atomic mass is 16.5. The van der Waals surface area contributed by atoms with E-state index in [1.807, 2.05) is 0 Å². The number of hydrogen-bond acceptors (Lipinski definition) is 2. The Balaban J connectivity index is 3.09. The lowest BCUT2D eigenvalue weighted by molar-refractivity contribution is -0.119. The summed E-state index contributed by atoms with van der Waals surface area (Å²) in [6.45, 7) is 10.9. The van der Waals surface area contributed by atoms with E-state index in [-0.39, 0.29) is 5.91 Å². The first kappa shape index (κ1) is 20.2. The van der Waals surface area contributed by atoms with E-state index in [9.17, 15) is 4.79 Å². The fraction of sp³-hybridized carbons (Fsp3) is 0.833. The molecule has 0 saturated heterocycles. The molecule has 0 radical (unpaired) electrons. The number of ether oxygens (including phenoxy) is 1. The largest absolute Gasteiger partial charge is 0.361 e. The van der Waals surface area contributed by atoms with Crippen molar-refractivity contribution in [3.05, 3.63) is 12.2 Å². The van der Waals surface area contributed by atoms with Gasteiger partial charge in [-0.05, 0) is 19.3 Å². The summed E-state index contributed by atoms with van der Waals surface area (Å²) in [7, 11) is 0. The van der Waals surface area contributed by atoms with Crippen LogP contribution in [-0.2, 0) is 9.53 Å². The normalized spacial score (nSPS) is 10.9. The van der Waals surface area contributed by atoms with Crippen LogP contribution < -0.4 is 5.32 Å². The number of carbonyl (C=O) groups is 1. The molecule has 3 heteroatoms. The van der Waals surface area contributed by atoms with E-state index < -0.39 is 0 Å². The van der Waals surface area contributed by atoms with Gasteiger partial charge in [0.05, 0.1) is 0 Å². The van der Waals surface area contributed by atoms with Crippen molar-refractivity contribution in [3.63, 3.8) is 0 Å². The molecule has 0 aliphatic rings. The zero-order chi connectivity index (χ0) is 15.9. The molecule has 3 nitrogen and oxygen atoms in total. The van der Waals surface area contributed by atoms with E-state index in [1.54, 1.807) is 6.92 Å². The Bertz CT molecular complexity index is 274. The lowest BCUT2D eigenvalue weighted by Gasteiger charge is -2.06. The SMILES string of the molecule is C=C(C)C(=O)NCOCCCCCCCCCCC(C)C. The molecule has 0 aromatic heterocycles. The van der Waals surface area contributed by atoms with Gasteiger partial charge in [-0.1, -0.05) is 71.8 Å². The van der Waals surface area contributed by atoms with Gasteiger partial charge in [0, 0.05) is 12.2 Å². The summed E-state index contributed by atoms with van der Waals surface area (Å²) < 4.78 is 5.36. The standard InChI is InChI=1S/C18H35NO2/c1-16(2)13-11-9-7-5-6-8-10-12-14-21-15-19-18(20)17(3)4/h16H,3,5-15H2,1-2,4H3,(H,19,20). The van der Waals surface area contributed by atoms with Crippen LogP contribution in [0.25, 0.3) is 0 Å². The van der Waals surface area contributed by atoms with Crippen molar-refractivity contribution >= 4 is 5.91 Å². The third-order valence-corrected chi connectivity index (χ3v) is 3.54. The monoisotopic (exact) mass is 297 g/mol. The molecule has 0 atom stereocenters. The maximum atomic E-state index is 11.2. The van der Waals surface area contributed by atoms with Crippen LogP contribution in [0.4, 0.5) is 0 Å². The fourth-order valence-electron chi connectivity index (χ4n) is 2.16. The third kappa shape index (κ3) is 15.4. The molecule has 124 valence electrons. The van der Waals surface area contributed by atoms with Crippen molar-refractivity contribution in [3.8, 4) is 0 Å².